The highest BCUT2D eigenvalue weighted by Crippen LogP contribution is 2.20. The van der Waals surface area contributed by atoms with Crippen molar-refractivity contribution in [3.05, 3.63) is 65.9 Å². The molecule has 4 rings (SSSR count). The number of guanidine groups is 2. The number of nitrogens with one attached hydrogen (secondary N) is 13. The molecule has 418 valence electrons. The van der Waals surface area contributed by atoms with Gasteiger partial charge in [0.25, 0.3) is 0 Å². The number of fused-ring (bicyclic) bond motifs is 1. The van der Waals surface area contributed by atoms with E-state index >= 15 is 0 Å². The minimum Gasteiger partial charge on any atom is -0.399 e. The molecule has 1 aliphatic rings. The summed E-state index contributed by atoms with van der Waals surface area (Å²) in [5.41, 5.74) is 30.3. The first-order valence-electron chi connectivity index (χ1n) is 25.1. The summed E-state index contributed by atoms with van der Waals surface area (Å²) in [7, 11) is 0. The number of nitrogen functional groups attached to an aromatic ring is 1. The fourth-order valence-corrected chi connectivity index (χ4v) is 8.31. The van der Waals surface area contributed by atoms with Crippen molar-refractivity contribution in [1.82, 2.24) is 58.2 Å². The predicted octanol–water partition coefficient (Wildman–Crippen LogP) is -4.08. The maximum Gasteiger partial charge on any atom is 0.243 e. The van der Waals surface area contributed by atoms with Gasteiger partial charge in [0.15, 0.2) is 11.9 Å². The zero-order chi connectivity index (χ0) is 56.6. The van der Waals surface area contributed by atoms with Crippen LogP contribution in [0, 0.1) is 10.8 Å². The van der Waals surface area contributed by atoms with Crippen LogP contribution in [0.1, 0.15) is 82.3 Å². The van der Waals surface area contributed by atoms with Crippen molar-refractivity contribution in [2.45, 2.75) is 126 Å². The third-order valence-electron chi connectivity index (χ3n) is 12.3. The molecule has 23 N–H and O–H groups in total. The highest BCUT2D eigenvalue weighted by Gasteiger charge is 2.35. The molecule has 3 aromatic rings. The minimum absolute atomic E-state index is 0.0107. The van der Waals surface area contributed by atoms with Gasteiger partial charge in [0.2, 0.25) is 59.1 Å². The molecule has 0 saturated carbocycles. The number of aromatic amines is 1. The Bertz CT molecular complexity index is 2610. The molecule has 0 aliphatic carbocycles. The fraction of sp³-hybridized carbons (Fsp3) is 0.469. The van der Waals surface area contributed by atoms with E-state index < -0.39 is 121 Å². The van der Waals surface area contributed by atoms with Crippen LogP contribution in [0.4, 0.5) is 5.69 Å². The lowest BCUT2D eigenvalue weighted by molar-refractivity contribution is -0.136. The molecule has 28 heteroatoms. The molecule has 2 heterocycles. The fourth-order valence-electron chi connectivity index (χ4n) is 8.31. The zero-order valence-electron chi connectivity index (χ0n) is 42.8. The number of nitrogens with two attached hydrogens (primary N) is 5. The molecule has 1 fully saturated rings. The number of rotatable bonds is 19. The second-order valence-corrected chi connectivity index (χ2v) is 18.6. The maximum absolute atomic E-state index is 14.7. The Labute approximate surface area is 443 Å². The van der Waals surface area contributed by atoms with E-state index in [0.717, 1.165) is 17.8 Å². The van der Waals surface area contributed by atoms with Crippen LogP contribution in [0.5, 0.6) is 0 Å². The molecule has 2 aromatic carbocycles. The van der Waals surface area contributed by atoms with Crippen molar-refractivity contribution in [1.29, 1.82) is 10.8 Å². The number of primary amides is 2. The average molecular weight is 1070 g/mol. The topological polar surface area (TPSA) is 485 Å². The lowest BCUT2D eigenvalue weighted by atomic mass is 10.0. The van der Waals surface area contributed by atoms with Crippen LogP contribution in [0.3, 0.4) is 0 Å². The first-order valence-corrected chi connectivity index (χ1v) is 25.1. The highest BCUT2D eigenvalue weighted by molar-refractivity contribution is 5.99. The van der Waals surface area contributed by atoms with Gasteiger partial charge < -0.3 is 86.8 Å². The van der Waals surface area contributed by atoms with Gasteiger partial charge in [0.1, 0.15) is 42.3 Å². The third-order valence-corrected chi connectivity index (χ3v) is 12.3. The van der Waals surface area contributed by atoms with E-state index in [1.165, 1.54) is 0 Å². The Balaban J connectivity index is 1.79. The largest absolute Gasteiger partial charge is 0.399 e. The number of H-pyrrole nitrogens is 1. The Kier molecular flexibility index (Phi) is 23.9. The number of carbonyl (C=O) groups excluding carboxylic acids is 10. The van der Waals surface area contributed by atoms with Crippen LogP contribution in [-0.4, -0.2) is 138 Å². The van der Waals surface area contributed by atoms with Crippen LogP contribution >= 0.6 is 0 Å². The molecule has 0 spiro atoms. The molecule has 1 aromatic heterocycles. The summed E-state index contributed by atoms with van der Waals surface area (Å²) in [5, 5.41) is 41.8. The van der Waals surface area contributed by atoms with Crippen molar-refractivity contribution >= 4 is 87.6 Å². The average Bonchev–Trinajstić information content (AvgIpc) is 3.78. The molecular weight excluding hydrogens is 1000 g/mol. The number of aromatic nitrogens is 1. The number of anilines is 1. The SMILES string of the molecule is CC(=O)N[C@H](CCCNC(=N)N)C(=O)N[C@H]1CC(=O)NCCCCC(C(N)=O)NC(=O)[C@H](Cc2c[nH]c3ccccc23)NC(=O)[C@H](CCCNC(=N)N)NC(=O)[C@@H](Cc2ccc(N)cc2)NC(=O)[C@H](CCC(N)=O)NC1=O. The summed E-state index contributed by atoms with van der Waals surface area (Å²) in [6.45, 7) is 1.36. The van der Waals surface area contributed by atoms with Gasteiger partial charge in [-0.3, -0.25) is 58.8 Å². The Morgan fingerprint density at radius 1 is 0.701 bits per heavy atom. The van der Waals surface area contributed by atoms with E-state index in [4.69, 9.17) is 39.5 Å². The molecule has 0 bridgehead atoms. The molecule has 1 unspecified atom stereocenters. The second kappa shape index (κ2) is 30.4. The van der Waals surface area contributed by atoms with E-state index in [9.17, 15) is 47.9 Å². The van der Waals surface area contributed by atoms with Gasteiger partial charge in [-0.05, 0) is 80.7 Å². The molecule has 77 heavy (non-hydrogen) atoms. The van der Waals surface area contributed by atoms with Crippen LogP contribution < -0.4 is 81.8 Å². The second-order valence-electron chi connectivity index (χ2n) is 18.6. The van der Waals surface area contributed by atoms with Gasteiger partial charge in [-0.15, -0.1) is 0 Å². The summed E-state index contributed by atoms with van der Waals surface area (Å²) >= 11 is 0. The summed E-state index contributed by atoms with van der Waals surface area (Å²) in [4.78, 5) is 140. The van der Waals surface area contributed by atoms with E-state index in [1.807, 2.05) is 18.2 Å². The number of hydrogen-bond acceptors (Lipinski definition) is 13. The first kappa shape index (κ1) is 60.6. The maximum atomic E-state index is 14.7. The van der Waals surface area contributed by atoms with Crippen LogP contribution in [0.25, 0.3) is 10.9 Å². The van der Waals surface area contributed by atoms with Crippen LogP contribution in [0.2, 0.25) is 0 Å². The molecular formula is C49H72N18O10. The van der Waals surface area contributed by atoms with E-state index in [-0.39, 0.29) is 89.3 Å². The number of carbonyl (C=O) groups is 10. The van der Waals surface area contributed by atoms with Crippen molar-refractivity contribution in [3.8, 4) is 0 Å². The molecule has 28 nitrogen and oxygen atoms in total. The van der Waals surface area contributed by atoms with Crippen molar-refractivity contribution in [3.63, 3.8) is 0 Å². The highest BCUT2D eigenvalue weighted by atomic mass is 16.2. The van der Waals surface area contributed by atoms with Gasteiger partial charge in [0.05, 0.1) is 6.42 Å². The van der Waals surface area contributed by atoms with Gasteiger partial charge in [-0.2, -0.15) is 0 Å². The molecule has 0 radical (unpaired) electrons. The Hall–Kier alpha value is -8.98. The van der Waals surface area contributed by atoms with E-state index in [0.29, 0.717) is 16.8 Å². The van der Waals surface area contributed by atoms with Crippen molar-refractivity contribution < 1.29 is 47.9 Å². The molecule has 7 atom stereocenters. The lowest BCUT2D eigenvalue weighted by Crippen LogP contribution is -2.60. The summed E-state index contributed by atoms with van der Waals surface area (Å²) < 4.78 is 0. The number of para-hydroxylation sites is 1. The van der Waals surface area contributed by atoms with E-state index in [1.54, 1.807) is 36.5 Å². The first-order chi connectivity index (χ1) is 36.6. The van der Waals surface area contributed by atoms with Crippen LogP contribution in [0.15, 0.2) is 54.7 Å². The molecule has 1 aliphatic heterocycles. The predicted molar refractivity (Wildman–Crippen MR) is 283 cm³/mol. The zero-order valence-corrected chi connectivity index (χ0v) is 42.8. The van der Waals surface area contributed by atoms with Gasteiger partial charge in [0, 0.05) is 68.6 Å². The van der Waals surface area contributed by atoms with Gasteiger partial charge >= 0.3 is 0 Å². The van der Waals surface area contributed by atoms with Crippen LogP contribution in [-0.2, 0) is 60.8 Å². The minimum atomic E-state index is -1.73. The molecule has 1 saturated heterocycles. The number of hydrogen-bond donors (Lipinski definition) is 18. The van der Waals surface area contributed by atoms with Gasteiger partial charge in [-0.25, -0.2) is 0 Å². The third kappa shape index (κ3) is 21.0. The summed E-state index contributed by atoms with van der Waals surface area (Å²) in [5.74, 6) is -9.40. The standard InChI is InChI=1S/C49H72N18O10/c1-26(68)61-33(11-6-20-58-48(53)54)42(72)67-38-24-40(70)57-19-5-4-10-32(41(52)71)62-46(76)37(23-28-25-60-31-9-3-2-8-30(28)31)66-43(73)34(12-7-21-59-49(55)56)63-45(75)36(22-27-13-15-29(50)16-14-27)65-44(74)35(64-47(38)77)17-18-39(51)69/h2-3,8-9,13-16,25,32-38,60H,4-7,10-12,17-24,50H2,1H3,(H2,51,69)(H2,52,71)(H,57,70)(H,61,68)(H,62,76)(H,63,75)(H,64,77)(H,65,74)(H,66,73)(H,67,72)(H4,53,54,58)(H4,55,56,59)/t32?,33-,34+,35+,36-,37+,38+/m1/s1. The monoisotopic (exact) mass is 1070 g/mol. The summed E-state index contributed by atoms with van der Waals surface area (Å²) in [6, 6.07) is 3.28. The Morgan fingerprint density at radius 3 is 1.92 bits per heavy atom. The normalized spacial score (nSPS) is 20.8. The quantitative estimate of drug-likeness (QED) is 0.0235. The number of benzene rings is 2. The number of amides is 10. The molecule has 10 amide bonds. The lowest BCUT2D eigenvalue weighted by Gasteiger charge is -2.28. The van der Waals surface area contributed by atoms with Crippen molar-refractivity contribution in [2.75, 3.05) is 25.4 Å². The smallest absolute Gasteiger partial charge is 0.243 e. The Morgan fingerprint density at radius 2 is 1.29 bits per heavy atom. The van der Waals surface area contributed by atoms with Gasteiger partial charge in [-0.1, -0.05) is 30.3 Å². The summed E-state index contributed by atoms with van der Waals surface area (Å²) in [6.07, 6.45) is 0.349. The van der Waals surface area contributed by atoms with E-state index in [2.05, 4.69) is 58.2 Å². The van der Waals surface area contributed by atoms with Crippen molar-refractivity contribution in [2.24, 2.45) is 22.9 Å².